The normalized spacial score (nSPS) is 12.0. The van der Waals surface area contributed by atoms with Crippen LogP contribution in [0.3, 0.4) is 0 Å². The van der Waals surface area contributed by atoms with Gasteiger partial charge in [0, 0.05) is 23.7 Å². The molecule has 2 aromatic carbocycles. The zero-order valence-corrected chi connectivity index (χ0v) is 17.7. The molecule has 0 aliphatic rings. The minimum absolute atomic E-state index is 0.0238. The first-order chi connectivity index (χ1) is 13.5. The van der Waals surface area contributed by atoms with E-state index in [0.29, 0.717) is 18.1 Å². The highest BCUT2D eigenvalue weighted by Gasteiger charge is 2.20. The molecule has 0 radical (unpaired) electrons. The third-order valence-corrected chi connectivity index (χ3v) is 5.71. The molecule has 1 amide bonds. The zero-order chi connectivity index (χ0) is 20.1. The number of benzene rings is 2. The standard InChI is InChI=1S/C21H23ClN4OS/c1-4-26-19(17-9-11-18(22)12-10-17)24-25-21(26)28-15(3)20(27)23-13-16-7-5-14(2)6-8-16/h5-12,15H,4,13H2,1-3H3,(H,23,27)/t15-/m1/s1. The summed E-state index contributed by atoms with van der Waals surface area (Å²) in [4.78, 5) is 12.5. The quantitative estimate of drug-likeness (QED) is 0.568. The van der Waals surface area contributed by atoms with Crippen LogP contribution < -0.4 is 5.32 Å². The van der Waals surface area contributed by atoms with Crippen molar-refractivity contribution >= 4 is 29.3 Å². The number of thioether (sulfide) groups is 1. The molecule has 0 fully saturated rings. The molecule has 0 bridgehead atoms. The van der Waals surface area contributed by atoms with Crippen molar-refractivity contribution in [3.63, 3.8) is 0 Å². The molecule has 146 valence electrons. The summed E-state index contributed by atoms with van der Waals surface area (Å²) in [5.74, 6) is 0.748. The van der Waals surface area contributed by atoms with Gasteiger partial charge in [-0.05, 0) is 50.6 Å². The van der Waals surface area contributed by atoms with Crippen molar-refractivity contribution in [2.75, 3.05) is 0 Å². The molecule has 3 rings (SSSR count). The van der Waals surface area contributed by atoms with E-state index in [1.807, 2.05) is 73.9 Å². The number of rotatable bonds is 7. The van der Waals surface area contributed by atoms with Crippen molar-refractivity contribution in [2.45, 2.75) is 44.3 Å². The van der Waals surface area contributed by atoms with Crippen molar-refractivity contribution in [2.24, 2.45) is 0 Å². The van der Waals surface area contributed by atoms with Crippen LogP contribution in [0, 0.1) is 6.92 Å². The van der Waals surface area contributed by atoms with Crippen LogP contribution in [-0.2, 0) is 17.9 Å². The molecule has 1 N–H and O–H groups in total. The molecule has 1 aromatic heterocycles. The van der Waals surface area contributed by atoms with Crippen LogP contribution in [0.15, 0.2) is 53.7 Å². The Labute approximate surface area is 174 Å². The average Bonchev–Trinajstić information content (AvgIpc) is 3.10. The lowest BCUT2D eigenvalue weighted by Crippen LogP contribution is -2.30. The largest absolute Gasteiger partial charge is 0.351 e. The first kappa shape index (κ1) is 20.4. The number of amides is 1. The van der Waals surface area contributed by atoms with E-state index in [2.05, 4.69) is 15.5 Å². The van der Waals surface area contributed by atoms with Crippen LogP contribution >= 0.6 is 23.4 Å². The fourth-order valence-corrected chi connectivity index (χ4v) is 3.79. The van der Waals surface area contributed by atoms with Crippen molar-refractivity contribution < 1.29 is 4.79 Å². The lowest BCUT2D eigenvalue weighted by molar-refractivity contribution is -0.120. The average molecular weight is 415 g/mol. The predicted octanol–water partition coefficient (Wildman–Crippen LogP) is 4.72. The minimum Gasteiger partial charge on any atom is -0.351 e. The second kappa shape index (κ2) is 9.26. The second-order valence-electron chi connectivity index (χ2n) is 6.52. The van der Waals surface area contributed by atoms with E-state index < -0.39 is 0 Å². The zero-order valence-electron chi connectivity index (χ0n) is 16.1. The Kier molecular flexibility index (Phi) is 6.75. The molecular formula is C21H23ClN4OS. The Bertz CT molecular complexity index is 938. The molecule has 0 aliphatic carbocycles. The van der Waals surface area contributed by atoms with Gasteiger partial charge in [-0.25, -0.2) is 0 Å². The van der Waals surface area contributed by atoms with Crippen molar-refractivity contribution in [3.05, 3.63) is 64.7 Å². The lowest BCUT2D eigenvalue weighted by atomic mass is 10.1. The first-order valence-electron chi connectivity index (χ1n) is 9.17. The molecule has 3 aromatic rings. The maximum atomic E-state index is 12.5. The molecule has 7 heteroatoms. The highest BCUT2D eigenvalue weighted by molar-refractivity contribution is 8.00. The van der Waals surface area contributed by atoms with E-state index in [4.69, 9.17) is 11.6 Å². The molecular weight excluding hydrogens is 392 g/mol. The van der Waals surface area contributed by atoms with Crippen LogP contribution in [0.1, 0.15) is 25.0 Å². The monoisotopic (exact) mass is 414 g/mol. The highest BCUT2D eigenvalue weighted by Crippen LogP contribution is 2.27. The summed E-state index contributed by atoms with van der Waals surface area (Å²) in [5, 5.41) is 12.7. The Morgan fingerprint density at radius 1 is 1.14 bits per heavy atom. The predicted molar refractivity (Wildman–Crippen MR) is 114 cm³/mol. The maximum absolute atomic E-state index is 12.5. The van der Waals surface area contributed by atoms with Gasteiger partial charge in [0.2, 0.25) is 5.91 Å². The van der Waals surface area contributed by atoms with Crippen molar-refractivity contribution in [3.8, 4) is 11.4 Å². The number of halogens is 1. The van der Waals surface area contributed by atoms with Gasteiger partial charge in [0.25, 0.3) is 0 Å². The SMILES string of the molecule is CCn1c(S[C@H](C)C(=O)NCc2ccc(C)cc2)nnc1-c1ccc(Cl)cc1. The van der Waals surface area contributed by atoms with Gasteiger partial charge in [-0.3, -0.25) is 4.79 Å². The van der Waals surface area contributed by atoms with E-state index in [1.165, 1.54) is 17.3 Å². The third kappa shape index (κ3) is 4.94. The van der Waals surface area contributed by atoms with Crippen molar-refractivity contribution in [1.29, 1.82) is 0 Å². The number of aromatic nitrogens is 3. The van der Waals surface area contributed by atoms with Gasteiger partial charge in [-0.2, -0.15) is 0 Å². The van der Waals surface area contributed by atoms with E-state index in [1.54, 1.807) is 0 Å². The molecule has 0 aliphatic heterocycles. The number of hydrogen-bond donors (Lipinski definition) is 1. The van der Waals surface area contributed by atoms with Gasteiger partial charge in [0.15, 0.2) is 11.0 Å². The smallest absolute Gasteiger partial charge is 0.233 e. The summed E-state index contributed by atoms with van der Waals surface area (Å²) in [7, 11) is 0. The summed E-state index contributed by atoms with van der Waals surface area (Å²) < 4.78 is 2.01. The van der Waals surface area contributed by atoms with Crippen LogP contribution in [0.5, 0.6) is 0 Å². The Morgan fingerprint density at radius 2 is 1.82 bits per heavy atom. The Hall–Kier alpha value is -2.31. The van der Waals surface area contributed by atoms with Crippen LogP contribution in [0.25, 0.3) is 11.4 Å². The van der Waals surface area contributed by atoms with Gasteiger partial charge in [-0.1, -0.05) is 53.2 Å². The summed E-state index contributed by atoms with van der Waals surface area (Å²) in [6.07, 6.45) is 0. The molecule has 0 saturated heterocycles. The van der Waals surface area contributed by atoms with Crippen LogP contribution in [0.4, 0.5) is 0 Å². The summed E-state index contributed by atoms with van der Waals surface area (Å²) in [6, 6.07) is 15.6. The van der Waals surface area contributed by atoms with Gasteiger partial charge in [-0.15, -0.1) is 10.2 Å². The van der Waals surface area contributed by atoms with E-state index in [-0.39, 0.29) is 11.2 Å². The summed E-state index contributed by atoms with van der Waals surface area (Å²) in [5.41, 5.74) is 3.23. The molecule has 28 heavy (non-hydrogen) atoms. The molecule has 0 unspecified atom stereocenters. The summed E-state index contributed by atoms with van der Waals surface area (Å²) >= 11 is 7.38. The molecule has 5 nitrogen and oxygen atoms in total. The van der Waals surface area contributed by atoms with E-state index in [0.717, 1.165) is 22.1 Å². The fraction of sp³-hybridized carbons (Fsp3) is 0.286. The molecule has 1 heterocycles. The molecule has 0 saturated carbocycles. The third-order valence-electron chi connectivity index (χ3n) is 4.37. The minimum atomic E-state index is -0.280. The molecule has 0 spiro atoms. The van der Waals surface area contributed by atoms with E-state index in [9.17, 15) is 4.79 Å². The number of nitrogens with one attached hydrogen (secondary N) is 1. The van der Waals surface area contributed by atoms with Gasteiger partial charge in [0.05, 0.1) is 5.25 Å². The first-order valence-corrected chi connectivity index (χ1v) is 10.4. The van der Waals surface area contributed by atoms with Crippen molar-refractivity contribution in [1.82, 2.24) is 20.1 Å². The second-order valence-corrected chi connectivity index (χ2v) is 8.27. The summed E-state index contributed by atoms with van der Waals surface area (Å²) in [6.45, 7) is 7.19. The Morgan fingerprint density at radius 3 is 2.46 bits per heavy atom. The highest BCUT2D eigenvalue weighted by atomic mass is 35.5. The van der Waals surface area contributed by atoms with Gasteiger partial charge in [0.1, 0.15) is 0 Å². The number of carbonyl (C=O) groups is 1. The maximum Gasteiger partial charge on any atom is 0.233 e. The fourth-order valence-electron chi connectivity index (χ4n) is 2.72. The van der Waals surface area contributed by atoms with E-state index >= 15 is 0 Å². The number of nitrogens with zero attached hydrogens (tertiary/aromatic N) is 3. The number of carbonyl (C=O) groups excluding carboxylic acids is 1. The van der Waals surface area contributed by atoms with Gasteiger partial charge < -0.3 is 9.88 Å². The number of aryl methyl sites for hydroxylation is 1. The van der Waals surface area contributed by atoms with Crippen LogP contribution in [0.2, 0.25) is 5.02 Å². The van der Waals surface area contributed by atoms with Gasteiger partial charge >= 0.3 is 0 Å². The Balaban J connectivity index is 1.66. The number of hydrogen-bond acceptors (Lipinski definition) is 4. The molecule has 1 atom stereocenters. The topological polar surface area (TPSA) is 59.8 Å². The lowest BCUT2D eigenvalue weighted by Gasteiger charge is -2.13. The van der Waals surface area contributed by atoms with Crippen LogP contribution in [-0.4, -0.2) is 25.9 Å².